The maximum Gasteiger partial charge on any atom is 0.222 e. The Labute approximate surface area is 84.4 Å². The van der Waals surface area contributed by atoms with Gasteiger partial charge >= 0.3 is 0 Å². The summed E-state index contributed by atoms with van der Waals surface area (Å²) in [6, 6.07) is -0.408. The van der Waals surface area contributed by atoms with E-state index in [0.717, 1.165) is 24.9 Å². The molecular weight excluding hydrogens is 180 g/mol. The third-order valence-electron chi connectivity index (χ3n) is 3.68. The summed E-state index contributed by atoms with van der Waals surface area (Å²) in [4.78, 5) is 12.6. The molecule has 0 N–H and O–H groups in total. The smallest absolute Gasteiger partial charge is 0.222 e. The van der Waals surface area contributed by atoms with Crippen molar-refractivity contribution in [1.29, 1.82) is 0 Å². The molecule has 0 radical (unpaired) electrons. The van der Waals surface area contributed by atoms with Crippen LogP contribution in [-0.4, -0.2) is 35.5 Å². The second-order valence-corrected chi connectivity index (χ2v) is 4.80. The van der Waals surface area contributed by atoms with Crippen LogP contribution in [0.1, 0.15) is 26.2 Å². The standard InChI is InChI=1S/C10H18N2O2/c1-8(12(13)14)5-11-6-9-3-2-4-10(9)7-11/h8-10H,2-7H2,1H3. The molecule has 80 valence electrons. The van der Waals surface area contributed by atoms with Crippen LogP contribution in [0.4, 0.5) is 0 Å². The average Bonchev–Trinajstić information content (AvgIpc) is 2.63. The van der Waals surface area contributed by atoms with Crippen LogP contribution in [0.25, 0.3) is 0 Å². The molecule has 0 bridgehead atoms. The van der Waals surface area contributed by atoms with Gasteiger partial charge in [0.25, 0.3) is 0 Å². The monoisotopic (exact) mass is 198 g/mol. The zero-order valence-corrected chi connectivity index (χ0v) is 8.69. The van der Waals surface area contributed by atoms with Crippen molar-refractivity contribution < 1.29 is 4.92 Å². The quantitative estimate of drug-likeness (QED) is 0.508. The summed E-state index contributed by atoms with van der Waals surface area (Å²) in [7, 11) is 0. The highest BCUT2D eigenvalue weighted by atomic mass is 16.6. The van der Waals surface area contributed by atoms with E-state index in [9.17, 15) is 10.1 Å². The van der Waals surface area contributed by atoms with E-state index in [1.807, 2.05) is 0 Å². The van der Waals surface area contributed by atoms with Gasteiger partial charge in [0.05, 0.1) is 6.54 Å². The normalized spacial score (nSPS) is 34.4. The number of fused-ring (bicyclic) bond motifs is 1. The third-order valence-corrected chi connectivity index (χ3v) is 3.68. The zero-order chi connectivity index (χ0) is 10.1. The molecule has 1 saturated carbocycles. The Bertz CT molecular complexity index is 220. The van der Waals surface area contributed by atoms with Gasteiger partial charge in [-0.15, -0.1) is 0 Å². The lowest BCUT2D eigenvalue weighted by molar-refractivity contribution is -0.518. The van der Waals surface area contributed by atoms with Crippen molar-refractivity contribution >= 4 is 0 Å². The zero-order valence-electron chi connectivity index (χ0n) is 8.69. The van der Waals surface area contributed by atoms with Gasteiger partial charge in [-0.05, 0) is 24.7 Å². The largest absolute Gasteiger partial charge is 0.296 e. The molecule has 2 aliphatic rings. The lowest BCUT2D eigenvalue weighted by Gasteiger charge is -2.16. The molecule has 0 aromatic heterocycles. The third kappa shape index (κ3) is 1.90. The molecule has 1 saturated heterocycles. The minimum absolute atomic E-state index is 0.173. The van der Waals surface area contributed by atoms with Crippen molar-refractivity contribution in [2.45, 2.75) is 32.2 Å². The van der Waals surface area contributed by atoms with E-state index in [1.165, 1.54) is 19.3 Å². The van der Waals surface area contributed by atoms with Gasteiger partial charge in [-0.2, -0.15) is 0 Å². The summed E-state index contributed by atoms with van der Waals surface area (Å²) in [6.07, 6.45) is 4.05. The Kier molecular flexibility index (Phi) is 2.72. The van der Waals surface area contributed by atoms with Crippen molar-refractivity contribution in [2.75, 3.05) is 19.6 Å². The summed E-state index contributed by atoms with van der Waals surface area (Å²) in [5.74, 6) is 1.68. The molecule has 0 amide bonds. The molecule has 3 atom stereocenters. The molecular formula is C10H18N2O2. The maximum atomic E-state index is 10.5. The van der Waals surface area contributed by atoms with Gasteiger partial charge in [-0.25, -0.2) is 0 Å². The summed E-state index contributed by atoms with van der Waals surface area (Å²) in [6.45, 7) is 4.54. The summed E-state index contributed by atoms with van der Waals surface area (Å²) >= 11 is 0. The SMILES string of the molecule is CC(CN1CC2CCCC2C1)[N+](=O)[O-]. The Morgan fingerprint density at radius 3 is 2.50 bits per heavy atom. The molecule has 3 unspecified atom stereocenters. The predicted octanol–water partition coefficient (Wildman–Crippen LogP) is 1.38. The van der Waals surface area contributed by atoms with Crippen molar-refractivity contribution in [3.8, 4) is 0 Å². The molecule has 0 aromatic carbocycles. The molecule has 0 spiro atoms. The molecule has 0 aromatic rings. The fourth-order valence-corrected chi connectivity index (χ4v) is 2.92. The van der Waals surface area contributed by atoms with Crippen molar-refractivity contribution in [3.05, 3.63) is 10.1 Å². The summed E-state index contributed by atoms with van der Waals surface area (Å²) in [5, 5.41) is 10.5. The molecule has 1 aliphatic heterocycles. The first-order valence-electron chi connectivity index (χ1n) is 5.52. The number of hydrogen-bond donors (Lipinski definition) is 0. The van der Waals surface area contributed by atoms with Crippen molar-refractivity contribution in [2.24, 2.45) is 11.8 Å². The van der Waals surface area contributed by atoms with Crippen molar-refractivity contribution in [3.63, 3.8) is 0 Å². The van der Waals surface area contributed by atoms with E-state index >= 15 is 0 Å². The molecule has 4 heteroatoms. The minimum atomic E-state index is -0.408. The fourth-order valence-electron chi connectivity index (χ4n) is 2.92. The Hall–Kier alpha value is -0.640. The predicted molar refractivity (Wildman–Crippen MR) is 53.7 cm³/mol. The fraction of sp³-hybridized carbons (Fsp3) is 1.00. The second-order valence-electron chi connectivity index (χ2n) is 4.80. The maximum absolute atomic E-state index is 10.5. The van der Waals surface area contributed by atoms with Crippen LogP contribution in [0, 0.1) is 22.0 Å². The second kappa shape index (κ2) is 3.85. The Morgan fingerprint density at radius 2 is 2.00 bits per heavy atom. The van der Waals surface area contributed by atoms with Crippen LogP contribution in [0.2, 0.25) is 0 Å². The van der Waals surface area contributed by atoms with Crippen LogP contribution >= 0.6 is 0 Å². The molecule has 1 heterocycles. The number of hydrogen-bond acceptors (Lipinski definition) is 3. The van der Waals surface area contributed by atoms with E-state index in [4.69, 9.17) is 0 Å². The number of nitrogens with zero attached hydrogens (tertiary/aromatic N) is 2. The highest BCUT2D eigenvalue weighted by Gasteiger charge is 2.37. The van der Waals surface area contributed by atoms with Crippen LogP contribution in [0.5, 0.6) is 0 Å². The number of likely N-dealkylation sites (tertiary alicyclic amines) is 1. The minimum Gasteiger partial charge on any atom is -0.296 e. The summed E-state index contributed by atoms with van der Waals surface area (Å²) in [5.41, 5.74) is 0. The van der Waals surface area contributed by atoms with E-state index < -0.39 is 6.04 Å². The van der Waals surface area contributed by atoms with Gasteiger partial charge in [0.15, 0.2) is 0 Å². The summed E-state index contributed by atoms with van der Waals surface area (Å²) < 4.78 is 0. The van der Waals surface area contributed by atoms with E-state index in [-0.39, 0.29) is 4.92 Å². The highest BCUT2D eigenvalue weighted by molar-refractivity contribution is 4.88. The van der Waals surface area contributed by atoms with E-state index in [1.54, 1.807) is 6.92 Å². The lowest BCUT2D eigenvalue weighted by atomic mass is 10.0. The first-order valence-corrected chi connectivity index (χ1v) is 5.52. The average molecular weight is 198 g/mol. The van der Waals surface area contributed by atoms with Crippen LogP contribution < -0.4 is 0 Å². The van der Waals surface area contributed by atoms with Crippen LogP contribution in [-0.2, 0) is 0 Å². The molecule has 2 fully saturated rings. The molecule has 14 heavy (non-hydrogen) atoms. The van der Waals surface area contributed by atoms with Gasteiger partial charge in [0.2, 0.25) is 6.04 Å². The van der Waals surface area contributed by atoms with Gasteiger partial charge in [-0.3, -0.25) is 15.0 Å². The Morgan fingerprint density at radius 1 is 1.43 bits per heavy atom. The van der Waals surface area contributed by atoms with Crippen LogP contribution in [0.15, 0.2) is 0 Å². The number of nitro groups is 1. The van der Waals surface area contributed by atoms with Crippen molar-refractivity contribution in [1.82, 2.24) is 4.90 Å². The molecule has 1 aliphatic carbocycles. The van der Waals surface area contributed by atoms with Gasteiger partial charge in [0, 0.05) is 24.9 Å². The first-order chi connectivity index (χ1) is 6.66. The van der Waals surface area contributed by atoms with Gasteiger partial charge < -0.3 is 0 Å². The number of rotatable bonds is 3. The van der Waals surface area contributed by atoms with E-state index in [0.29, 0.717) is 6.54 Å². The molecule has 4 nitrogen and oxygen atoms in total. The highest BCUT2D eigenvalue weighted by Crippen LogP contribution is 2.37. The first kappa shape index (κ1) is 9.90. The van der Waals surface area contributed by atoms with Gasteiger partial charge in [0.1, 0.15) is 0 Å². The molecule has 2 rings (SSSR count). The van der Waals surface area contributed by atoms with E-state index in [2.05, 4.69) is 4.90 Å². The van der Waals surface area contributed by atoms with Crippen LogP contribution in [0.3, 0.4) is 0 Å². The van der Waals surface area contributed by atoms with Gasteiger partial charge in [-0.1, -0.05) is 6.42 Å². The Balaban J connectivity index is 1.81. The topological polar surface area (TPSA) is 46.4 Å². The lowest BCUT2D eigenvalue weighted by Crippen LogP contribution is -2.34.